The van der Waals surface area contributed by atoms with Crippen LogP contribution < -0.4 is 10.0 Å². The number of thiophene rings is 1. The Kier molecular flexibility index (Phi) is 5.64. The molecule has 3 heterocycles. The van der Waals surface area contributed by atoms with E-state index in [-0.39, 0.29) is 24.6 Å². The smallest absolute Gasteiger partial charge is 0.410 e. The molecule has 2 N–H and O–H groups in total. The molecule has 1 saturated heterocycles. The number of hydrogen-bond donors (Lipinski definition) is 1. The number of nitriles is 1. The second-order valence-corrected chi connectivity index (χ2v) is 11.1. The lowest BCUT2D eigenvalue weighted by molar-refractivity contribution is -0.117. The van der Waals surface area contributed by atoms with Crippen LogP contribution in [0.15, 0.2) is 0 Å². The standard InChI is InChI=1S/C18H24N4O5S2/c1-18(2,3)27-17(24)21-5-4-12-13(7-19)16(28-14(12)9-21)22-8-11(6-15(22)23)10-29(20,25)26/h11H,4-6,8-10H2,1-3H3,(H2,20,25,26). The van der Waals surface area contributed by atoms with Crippen LogP contribution in [0.5, 0.6) is 0 Å². The van der Waals surface area contributed by atoms with Gasteiger partial charge in [-0.3, -0.25) is 4.79 Å². The van der Waals surface area contributed by atoms with E-state index in [9.17, 15) is 23.3 Å². The zero-order chi connectivity index (χ0) is 21.6. The maximum absolute atomic E-state index is 12.5. The summed E-state index contributed by atoms with van der Waals surface area (Å²) in [4.78, 5) is 28.8. The van der Waals surface area contributed by atoms with Crippen molar-refractivity contribution >= 4 is 38.4 Å². The second-order valence-electron chi connectivity index (χ2n) is 8.35. The number of rotatable bonds is 3. The van der Waals surface area contributed by atoms with E-state index in [4.69, 9.17) is 9.88 Å². The summed E-state index contributed by atoms with van der Waals surface area (Å²) in [6.45, 7) is 6.34. The van der Waals surface area contributed by atoms with E-state index in [1.165, 1.54) is 16.2 Å². The van der Waals surface area contributed by atoms with Crippen molar-refractivity contribution in [1.82, 2.24) is 4.90 Å². The summed E-state index contributed by atoms with van der Waals surface area (Å²) in [5.41, 5.74) is 0.671. The molecule has 158 valence electrons. The SMILES string of the molecule is CC(C)(C)OC(=O)N1CCc2c(sc(N3CC(CS(N)(=O)=O)CC3=O)c2C#N)C1. The summed E-state index contributed by atoms with van der Waals surface area (Å²) < 4.78 is 28.2. The van der Waals surface area contributed by atoms with Gasteiger partial charge in [0.05, 0.1) is 17.9 Å². The Balaban J connectivity index is 1.83. The predicted molar refractivity (Wildman–Crippen MR) is 108 cm³/mol. The average molecular weight is 441 g/mol. The van der Waals surface area contributed by atoms with Gasteiger partial charge in [-0.15, -0.1) is 11.3 Å². The largest absolute Gasteiger partial charge is 0.444 e. The summed E-state index contributed by atoms with van der Waals surface area (Å²) in [6, 6.07) is 2.19. The van der Waals surface area contributed by atoms with Gasteiger partial charge in [0.15, 0.2) is 0 Å². The van der Waals surface area contributed by atoms with Crippen LogP contribution in [0.4, 0.5) is 9.80 Å². The van der Waals surface area contributed by atoms with Crippen LogP contribution in [0.25, 0.3) is 0 Å². The number of ether oxygens (including phenoxy) is 1. The van der Waals surface area contributed by atoms with Crippen molar-refractivity contribution in [3.63, 3.8) is 0 Å². The molecule has 1 atom stereocenters. The third-order valence-electron chi connectivity index (χ3n) is 4.72. The van der Waals surface area contributed by atoms with Gasteiger partial charge in [-0.1, -0.05) is 0 Å². The predicted octanol–water partition coefficient (Wildman–Crippen LogP) is 1.55. The van der Waals surface area contributed by atoms with E-state index in [1.54, 1.807) is 25.7 Å². The van der Waals surface area contributed by atoms with Gasteiger partial charge in [0, 0.05) is 30.3 Å². The Hall–Kier alpha value is -2.16. The van der Waals surface area contributed by atoms with Gasteiger partial charge in [0.1, 0.15) is 16.7 Å². The van der Waals surface area contributed by atoms with E-state index in [0.29, 0.717) is 30.1 Å². The van der Waals surface area contributed by atoms with Gasteiger partial charge >= 0.3 is 6.09 Å². The van der Waals surface area contributed by atoms with Gasteiger partial charge in [0.2, 0.25) is 15.9 Å². The van der Waals surface area contributed by atoms with Crippen molar-refractivity contribution in [2.75, 3.05) is 23.7 Å². The number of carbonyl (C=O) groups excluding carboxylic acids is 2. The van der Waals surface area contributed by atoms with Crippen LogP contribution in [0.2, 0.25) is 0 Å². The quantitative estimate of drug-likeness (QED) is 0.758. The van der Waals surface area contributed by atoms with Gasteiger partial charge in [-0.2, -0.15) is 5.26 Å². The van der Waals surface area contributed by atoms with E-state index in [1.807, 2.05) is 0 Å². The van der Waals surface area contributed by atoms with Crippen LogP contribution in [0, 0.1) is 17.2 Å². The Morgan fingerprint density at radius 3 is 2.69 bits per heavy atom. The van der Waals surface area contributed by atoms with Gasteiger partial charge < -0.3 is 14.5 Å². The number of sulfonamides is 1. The molecular formula is C18H24N4O5S2. The van der Waals surface area contributed by atoms with Crippen LogP contribution in [0.1, 0.15) is 43.2 Å². The molecule has 1 unspecified atom stereocenters. The fraction of sp³-hybridized carbons (Fsp3) is 0.611. The van der Waals surface area contributed by atoms with Gasteiger partial charge in [-0.25, -0.2) is 18.4 Å². The molecule has 3 rings (SSSR count). The van der Waals surface area contributed by atoms with Crippen molar-refractivity contribution in [2.45, 2.75) is 45.8 Å². The minimum absolute atomic E-state index is 0.0773. The monoisotopic (exact) mass is 440 g/mol. The fourth-order valence-corrected chi connectivity index (χ4v) is 5.81. The molecule has 0 aliphatic carbocycles. The zero-order valence-corrected chi connectivity index (χ0v) is 18.2. The molecule has 0 spiro atoms. The highest BCUT2D eigenvalue weighted by Crippen LogP contribution is 2.41. The maximum atomic E-state index is 12.5. The first-order chi connectivity index (χ1) is 13.4. The lowest BCUT2D eigenvalue weighted by atomic mass is 10.0. The number of hydrogen-bond acceptors (Lipinski definition) is 7. The third-order valence-corrected chi connectivity index (χ3v) is 6.90. The average Bonchev–Trinajstić information content (AvgIpc) is 3.10. The van der Waals surface area contributed by atoms with Gasteiger partial charge in [0.25, 0.3) is 0 Å². The summed E-state index contributed by atoms with van der Waals surface area (Å²) >= 11 is 1.30. The highest BCUT2D eigenvalue weighted by molar-refractivity contribution is 7.89. The van der Waals surface area contributed by atoms with Crippen molar-refractivity contribution in [2.24, 2.45) is 11.1 Å². The minimum Gasteiger partial charge on any atom is -0.444 e. The van der Waals surface area contributed by atoms with Crippen molar-refractivity contribution in [3.05, 3.63) is 16.0 Å². The lowest BCUT2D eigenvalue weighted by Crippen LogP contribution is -2.39. The maximum Gasteiger partial charge on any atom is 0.410 e. The Bertz CT molecular complexity index is 987. The van der Waals surface area contributed by atoms with E-state index in [2.05, 4.69) is 6.07 Å². The molecule has 29 heavy (non-hydrogen) atoms. The number of fused-ring (bicyclic) bond motifs is 1. The number of amides is 2. The van der Waals surface area contributed by atoms with Crippen molar-refractivity contribution < 1.29 is 22.7 Å². The molecule has 0 aromatic carbocycles. The molecule has 9 nitrogen and oxygen atoms in total. The Labute approximate surface area is 174 Å². The minimum atomic E-state index is -3.68. The summed E-state index contributed by atoms with van der Waals surface area (Å²) in [6.07, 6.45) is 0.159. The van der Waals surface area contributed by atoms with Gasteiger partial charge in [-0.05, 0) is 32.8 Å². The first kappa shape index (κ1) is 21.5. The zero-order valence-electron chi connectivity index (χ0n) is 16.6. The molecule has 2 aliphatic rings. The van der Waals surface area contributed by atoms with Crippen LogP contribution in [-0.4, -0.2) is 49.8 Å². The van der Waals surface area contributed by atoms with Crippen molar-refractivity contribution in [3.8, 4) is 6.07 Å². The van der Waals surface area contributed by atoms with Crippen molar-refractivity contribution in [1.29, 1.82) is 5.26 Å². The van der Waals surface area contributed by atoms with Crippen LogP contribution in [-0.2, 0) is 32.5 Å². The lowest BCUT2D eigenvalue weighted by Gasteiger charge is -2.29. The number of primary sulfonamides is 1. The van der Waals surface area contributed by atoms with Crippen LogP contribution >= 0.6 is 11.3 Å². The highest BCUT2D eigenvalue weighted by atomic mass is 32.2. The Morgan fingerprint density at radius 1 is 1.41 bits per heavy atom. The number of nitrogens with zero attached hydrogens (tertiary/aromatic N) is 3. The van der Waals surface area contributed by atoms with E-state index >= 15 is 0 Å². The molecule has 0 bridgehead atoms. The highest BCUT2D eigenvalue weighted by Gasteiger charge is 2.37. The van der Waals surface area contributed by atoms with E-state index < -0.39 is 27.6 Å². The number of carbonyl (C=O) groups is 2. The molecule has 0 saturated carbocycles. The van der Waals surface area contributed by atoms with E-state index in [0.717, 1.165) is 10.4 Å². The summed E-state index contributed by atoms with van der Waals surface area (Å²) in [7, 11) is -3.68. The molecule has 1 aromatic rings. The first-order valence-corrected chi connectivity index (χ1v) is 11.7. The normalized spacial score (nSPS) is 19.8. The topological polar surface area (TPSA) is 134 Å². The number of anilines is 1. The first-order valence-electron chi connectivity index (χ1n) is 9.21. The molecular weight excluding hydrogens is 416 g/mol. The third kappa shape index (κ3) is 4.88. The molecule has 1 aromatic heterocycles. The fourth-order valence-electron chi connectivity index (χ4n) is 3.59. The number of nitrogens with two attached hydrogens (primary N) is 1. The summed E-state index contributed by atoms with van der Waals surface area (Å²) in [5, 5.41) is 15.3. The van der Waals surface area contributed by atoms with Crippen LogP contribution in [0.3, 0.4) is 0 Å². The molecule has 1 fully saturated rings. The molecule has 2 amide bonds. The molecule has 2 aliphatic heterocycles. The Morgan fingerprint density at radius 2 is 2.10 bits per heavy atom. The second kappa shape index (κ2) is 7.59. The molecule has 11 heteroatoms. The summed E-state index contributed by atoms with van der Waals surface area (Å²) in [5.74, 6) is -0.895. The molecule has 0 radical (unpaired) electrons.